The van der Waals surface area contributed by atoms with Gasteiger partial charge in [-0.25, -0.2) is 5.43 Å². The van der Waals surface area contributed by atoms with Crippen LogP contribution in [0.1, 0.15) is 23.7 Å². The minimum atomic E-state index is -0.0465. The van der Waals surface area contributed by atoms with E-state index in [-0.39, 0.29) is 11.8 Å². The number of hydrogen-bond acceptors (Lipinski definition) is 3. The van der Waals surface area contributed by atoms with E-state index in [0.717, 1.165) is 22.2 Å². The number of nitrogens with zero attached hydrogens (tertiary/aromatic N) is 1. The van der Waals surface area contributed by atoms with Crippen molar-refractivity contribution >= 4 is 28.1 Å². The molecule has 0 bridgehead atoms. The van der Waals surface area contributed by atoms with Crippen molar-refractivity contribution < 1.29 is 9.21 Å². The van der Waals surface area contributed by atoms with Gasteiger partial charge in [0, 0.05) is 16.0 Å². The van der Waals surface area contributed by atoms with Gasteiger partial charge in [-0.15, -0.1) is 0 Å². The highest BCUT2D eigenvalue weighted by Crippen LogP contribution is 2.47. The van der Waals surface area contributed by atoms with E-state index < -0.39 is 0 Å². The van der Waals surface area contributed by atoms with E-state index in [1.54, 1.807) is 0 Å². The number of benzene rings is 2. The molecule has 1 aliphatic carbocycles. The maximum absolute atomic E-state index is 12.2. The van der Waals surface area contributed by atoms with Crippen LogP contribution in [0.3, 0.4) is 0 Å². The van der Waals surface area contributed by atoms with Crippen LogP contribution in [-0.4, -0.2) is 12.1 Å². The Morgan fingerprint density at radius 3 is 2.62 bits per heavy atom. The summed E-state index contributed by atoms with van der Waals surface area (Å²) in [6.07, 6.45) is 2.40. The number of nitrogens with one attached hydrogen (secondary N) is 1. The maximum Gasteiger partial charge on any atom is 0.243 e. The Morgan fingerprint density at radius 1 is 1.08 bits per heavy atom. The summed E-state index contributed by atoms with van der Waals surface area (Å²) in [4.78, 5) is 12.2. The van der Waals surface area contributed by atoms with Gasteiger partial charge >= 0.3 is 0 Å². The molecule has 1 fully saturated rings. The number of halogens is 1. The molecule has 0 spiro atoms. The average Bonchev–Trinajstić information content (AvgIpc) is 3.34. The molecule has 5 heteroatoms. The standard InChI is InChI=1S/C21H17BrN2O2/c22-16-8-6-15(7-9-16)20-11-10-17(26-20)13-23-24-21(25)19-12-18(19)14-4-2-1-3-5-14/h1-11,13,18-19H,12H2,(H,24,25). The van der Waals surface area contributed by atoms with Gasteiger partial charge in [0.05, 0.1) is 6.21 Å². The fourth-order valence-corrected chi connectivity index (χ4v) is 3.25. The number of hydrogen-bond donors (Lipinski definition) is 1. The van der Waals surface area contributed by atoms with Gasteiger partial charge in [0.1, 0.15) is 11.5 Å². The van der Waals surface area contributed by atoms with Crippen molar-refractivity contribution in [3.63, 3.8) is 0 Å². The number of amides is 1. The summed E-state index contributed by atoms with van der Waals surface area (Å²) < 4.78 is 6.76. The molecule has 2 atom stereocenters. The minimum Gasteiger partial charge on any atom is -0.455 e. The first-order valence-corrected chi connectivity index (χ1v) is 9.23. The largest absolute Gasteiger partial charge is 0.455 e. The van der Waals surface area contributed by atoms with Crippen LogP contribution >= 0.6 is 15.9 Å². The summed E-state index contributed by atoms with van der Waals surface area (Å²) in [6, 6.07) is 21.7. The maximum atomic E-state index is 12.2. The molecule has 1 amide bonds. The molecule has 2 unspecified atom stereocenters. The molecular formula is C21H17BrN2O2. The van der Waals surface area contributed by atoms with E-state index in [0.29, 0.717) is 11.7 Å². The summed E-state index contributed by atoms with van der Waals surface area (Å²) in [5, 5.41) is 4.03. The summed E-state index contributed by atoms with van der Waals surface area (Å²) in [5.41, 5.74) is 4.81. The van der Waals surface area contributed by atoms with Crippen LogP contribution in [0.2, 0.25) is 0 Å². The first-order chi connectivity index (χ1) is 12.7. The third-order valence-electron chi connectivity index (χ3n) is 4.48. The van der Waals surface area contributed by atoms with E-state index in [4.69, 9.17) is 4.42 Å². The second kappa shape index (κ2) is 7.30. The van der Waals surface area contributed by atoms with E-state index in [1.807, 2.05) is 54.6 Å². The Bertz CT molecular complexity index is 932. The van der Waals surface area contributed by atoms with Gasteiger partial charge in [0.2, 0.25) is 5.91 Å². The van der Waals surface area contributed by atoms with Crippen molar-refractivity contribution in [3.05, 3.63) is 82.5 Å². The second-order valence-electron chi connectivity index (χ2n) is 6.30. The molecule has 4 nitrogen and oxygen atoms in total. The normalized spacial score (nSPS) is 18.8. The van der Waals surface area contributed by atoms with Crippen molar-refractivity contribution in [1.82, 2.24) is 5.43 Å². The van der Waals surface area contributed by atoms with Gasteiger partial charge in [0.15, 0.2) is 0 Å². The van der Waals surface area contributed by atoms with Crippen LogP contribution < -0.4 is 5.43 Å². The molecule has 4 rings (SSSR count). The Balaban J connectivity index is 1.33. The predicted octanol–water partition coefficient (Wildman–Crippen LogP) is 4.96. The van der Waals surface area contributed by atoms with Gasteiger partial charge in [-0.2, -0.15) is 5.10 Å². The Hall–Kier alpha value is -2.66. The molecule has 1 N–H and O–H groups in total. The second-order valence-corrected chi connectivity index (χ2v) is 7.22. The Labute approximate surface area is 160 Å². The first-order valence-electron chi connectivity index (χ1n) is 8.44. The van der Waals surface area contributed by atoms with Crippen LogP contribution in [0.5, 0.6) is 0 Å². The quantitative estimate of drug-likeness (QED) is 0.478. The van der Waals surface area contributed by atoms with Crippen molar-refractivity contribution in [2.24, 2.45) is 11.0 Å². The zero-order valence-electron chi connectivity index (χ0n) is 13.9. The zero-order chi connectivity index (χ0) is 17.9. The lowest BCUT2D eigenvalue weighted by molar-refractivity contribution is -0.122. The molecule has 0 saturated heterocycles. The molecule has 1 heterocycles. The molecule has 0 radical (unpaired) electrons. The molecule has 2 aromatic carbocycles. The highest BCUT2D eigenvalue weighted by molar-refractivity contribution is 9.10. The molecule has 1 saturated carbocycles. The Morgan fingerprint density at radius 2 is 1.85 bits per heavy atom. The third-order valence-corrected chi connectivity index (χ3v) is 5.01. The van der Waals surface area contributed by atoms with Gasteiger partial charge in [-0.3, -0.25) is 4.79 Å². The summed E-state index contributed by atoms with van der Waals surface area (Å²) in [7, 11) is 0. The lowest BCUT2D eigenvalue weighted by Crippen LogP contribution is -2.20. The SMILES string of the molecule is O=C(NN=Cc1ccc(-c2ccc(Br)cc2)o1)C1CC1c1ccccc1. The van der Waals surface area contributed by atoms with Crippen LogP contribution in [-0.2, 0) is 4.79 Å². The molecule has 3 aromatic rings. The molecule has 130 valence electrons. The fourth-order valence-electron chi connectivity index (χ4n) is 2.99. The van der Waals surface area contributed by atoms with Gasteiger partial charge < -0.3 is 4.42 Å². The fraction of sp³-hybridized carbons (Fsp3) is 0.143. The molecule has 26 heavy (non-hydrogen) atoms. The predicted molar refractivity (Wildman–Crippen MR) is 105 cm³/mol. The highest BCUT2D eigenvalue weighted by Gasteiger charge is 2.43. The number of carbonyl (C=O) groups is 1. The number of carbonyl (C=O) groups excluding carboxylic acids is 1. The van der Waals surface area contributed by atoms with Crippen LogP contribution in [0, 0.1) is 5.92 Å². The number of furan rings is 1. The smallest absolute Gasteiger partial charge is 0.243 e. The Kier molecular flexibility index (Phi) is 4.71. The van der Waals surface area contributed by atoms with Crippen molar-refractivity contribution in [2.45, 2.75) is 12.3 Å². The van der Waals surface area contributed by atoms with Crippen LogP contribution in [0.4, 0.5) is 0 Å². The van der Waals surface area contributed by atoms with E-state index in [9.17, 15) is 4.79 Å². The lowest BCUT2D eigenvalue weighted by Gasteiger charge is -1.99. The summed E-state index contributed by atoms with van der Waals surface area (Å²) >= 11 is 3.41. The molecule has 0 aliphatic heterocycles. The topological polar surface area (TPSA) is 54.6 Å². The van der Waals surface area contributed by atoms with E-state index in [2.05, 4.69) is 38.6 Å². The number of hydrazone groups is 1. The first kappa shape index (κ1) is 16.8. The molecule has 1 aliphatic rings. The van der Waals surface area contributed by atoms with Crippen molar-refractivity contribution in [1.29, 1.82) is 0 Å². The lowest BCUT2D eigenvalue weighted by atomic mass is 10.1. The van der Waals surface area contributed by atoms with Gasteiger partial charge in [-0.05, 0) is 42.2 Å². The third kappa shape index (κ3) is 3.78. The minimum absolute atomic E-state index is 0.00415. The van der Waals surface area contributed by atoms with E-state index >= 15 is 0 Å². The van der Waals surface area contributed by atoms with Crippen molar-refractivity contribution in [3.8, 4) is 11.3 Å². The van der Waals surface area contributed by atoms with Crippen LogP contribution in [0.15, 0.2) is 80.7 Å². The summed E-state index contributed by atoms with van der Waals surface area (Å²) in [6.45, 7) is 0. The molecular weight excluding hydrogens is 392 g/mol. The molecule has 1 aromatic heterocycles. The highest BCUT2D eigenvalue weighted by atomic mass is 79.9. The van der Waals surface area contributed by atoms with Crippen molar-refractivity contribution in [2.75, 3.05) is 0 Å². The number of rotatable bonds is 5. The van der Waals surface area contributed by atoms with Gasteiger partial charge in [0.25, 0.3) is 0 Å². The summed E-state index contributed by atoms with van der Waals surface area (Å²) in [5.74, 6) is 1.62. The van der Waals surface area contributed by atoms with Crippen LogP contribution in [0.25, 0.3) is 11.3 Å². The van der Waals surface area contributed by atoms with E-state index in [1.165, 1.54) is 11.8 Å². The monoisotopic (exact) mass is 408 g/mol. The average molecular weight is 409 g/mol. The van der Waals surface area contributed by atoms with Gasteiger partial charge in [-0.1, -0.05) is 58.4 Å². The zero-order valence-corrected chi connectivity index (χ0v) is 15.5.